The molecule has 4 aromatic carbocycles. The lowest BCUT2D eigenvalue weighted by Gasteiger charge is -2.11. The molecule has 0 unspecified atom stereocenters. The Morgan fingerprint density at radius 2 is 1.36 bits per heavy atom. The van der Waals surface area contributed by atoms with Gasteiger partial charge in [0.15, 0.2) is 0 Å². The Hall–Kier alpha value is -3.65. The van der Waals surface area contributed by atoms with Crippen molar-refractivity contribution in [1.82, 2.24) is 4.98 Å². The minimum atomic E-state index is 0.919. The molecule has 0 N–H and O–H groups in total. The molecule has 0 aliphatic rings. The number of furan rings is 1. The lowest BCUT2D eigenvalue weighted by molar-refractivity contribution is 0.673. The van der Waals surface area contributed by atoms with Crippen molar-refractivity contribution in [2.75, 3.05) is 0 Å². The minimum absolute atomic E-state index is 0.919. The molecule has 0 saturated heterocycles. The lowest BCUT2D eigenvalue weighted by atomic mass is 9.97. The molecule has 2 heteroatoms. The van der Waals surface area contributed by atoms with Gasteiger partial charge < -0.3 is 4.42 Å². The first kappa shape index (κ1) is 15.4. The number of benzene rings is 4. The third-order valence-electron chi connectivity index (χ3n) is 5.53. The third-order valence-corrected chi connectivity index (χ3v) is 5.53. The van der Waals surface area contributed by atoms with E-state index in [2.05, 4.69) is 73.7 Å². The number of para-hydroxylation sites is 2. The van der Waals surface area contributed by atoms with Gasteiger partial charge in [0.25, 0.3) is 0 Å². The van der Waals surface area contributed by atoms with Gasteiger partial charge in [-0.15, -0.1) is 0 Å². The summed E-state index contributed by atoms with van der Waals surface area (Å²) in [5, 5.41) is 5.67. The topological polar surface area (TPSA) is 26.0 Å². The Morgan fingerprint density at radius 1 is 0.643 bits per heavy atom. The second-order valence-corrected chi connectivity index (χ2v) is 7.31. The van der Waals surface area contributed by atoms with E-state index in [0.717, 1.165) is 54.9 Å². The van der Waals surface area contributed by atoms with E-state index in [4.69, 9.17) is 9.40 Å². The van der Waals surface area contributed by atoms with Gasteiger partial charge in [-0.05, 0) is 25.1 Å². The Balaban J connectivity index is 1.85. The third kappa shape index (κ3) is 2.12. The number of hydrogen-bond donors (Lipinski definition) is 0. The van der Waals surface area contributed by atoms with Crippen molar-refractivity contribution in [2.45, 2.75) is 6.92 Å². The van der Waals surface area contributed by atoms with Gasteiger partial charge in [-0.25, -0.2) is 4.98 Å². The van der Waals surface area contributed by atoms with Crippen LogP contribution < -0.4 is 0 Å². The average Bonchev–Trinajstić information content (AvgIpc) is 3.12. The molecular formula is C26H17NO. The minimum Gasteiger partial charge on any atom is -0.455 e. The van der Waals surface area contributed by atoms with Gasteiger partial charge >= 0.3 is 0 Å². The molecule has 0 aliphatic heterocycles. The van der Waals surface area contributed by atoms with Crippen LogP contribution in [0, 0.1) is 6.92 Å². The quantitative estimate of drug-likeness (QED) is 0.289. The second-order valence-electron chi connectivity index (χ2n) is 7.31. The molecule has 0 atom stereocenters. The number of pyridine rings is 1. The normalized spacial score (nSPS) is 11.8. The molecule has 2 aromatic heterocycles. The maximum atomic E-state index is 6.36. The number of hydrogen-bond acceptors (Lipinski definition) is 2. The summed E-state index contributed by atoms with van der Waals surface area (Å²) in [6.45, 7) is 2.10. The first-order chi connectivity index (χ1) is 13.8. The van der Waals surface area contributed by atoms with Crippen molar-refractivity contribution in [1.29, 1.82) is 0 Å². The summed E-state index contributed by atoms with van der Waals surface area (Å²) in [5.74, 6) is 0. The fourth-order valence-electron chi connectivity index (χ4n) is 4.15. The van der Waals surface area contributed by atoms with Crippen molar-refractivity contribution in [3.8, 4) is 11.3 Å². The first-order valence-electron chi connectivity index (χ1n) is 9.49. The molecule has 0 aliphatic carbocycles. The first-order valence-corrected chi connectivity index (χ1v) is 9.49. The van der Waals surface area contributed by atoms with E-state index in [1.165, 1.54) is 5.56 Å². The van der Waals surface area contributed by atoms with Gasteiger partial charge in [-0.3, -0.25) is 0 Å². The van der Waals surface area contributed by atoms with Crippen LogP contribution in [0.25, 0.3) is 54.9 Å². The van der Waals surface area contributed by atoms with Crippen LogP contribution in [0.2, 0.25) is 0 Å². The fraction of sp³-hybridized carbons (Fsp3) is 0.0385. The summed E-state index contributed by atoms with van der Waals surface area (Å²) in [4.78, 5) is 5.02. The smallest absolute Gasteiger partial charge is 0.144 e. The van der Waals surface area contributed by atoms with E-state index in [1.54, 1.807) is 0 Å². The van der Waals surface area contributed by atoms with Gasteiger partial charge in [-0.2, -0.15) is 0 Å². The number of aryl methyl sites for hydroxylation is 1. The molecule has 132 valence electrons. The van der Waals surface area contributed by atoms with Crippen LogP contribution >= 0.6 is 0 Å². The van der Waals surface area contributed by atoms with Crippen molar-refractivity contribution in [2.24, 2.45) is 0 Å². The summed E-state index contributed by atoms with van der Waals surface area (Å²) >= 11 is 0. The predicted octanol–water partition coefficient (Wildman–Crippen LogP) is 7.26. The maximum absolute atomic E-state index is 6.36. The zero-order valence-electron chi connectivity index (χ0n) is 15.4. The van der Waals surface area contributed by atoms with E-state index in [-0.39, 0.29) is 0 Å². The van der Waals surface area contributed by atoms with E-state index in [0.29, 0.717) is 0 Å². The van der Waals surface area contributed by atoms with Crippen molar-refractivity contribution in [3.05, 3.63) is 90.5 Å². The maximum Gasteiger partial charge on any atom is 0.144 e. The number of aromatic nitrogens is 1. The van der Waals surface area contributed by atoms with Gasteiger partial charge in [0.2, 0.25) is 0 Å². The van der Waals surface area contributed by atoms with Crippen LogP contribution in [-0.2, 0) is 0 Å². The largest absolute Gasteiger partial charge is 0.455 e. The summed E-state index contributed by atoms with van der Waals surface area (Å²) in [7, 11) is 0. The van der Waals surface area contributed by atoms with Crippen LogP contribution in [-0.4, -0.2) is 4.98 Å². The SMILES string of the molecule is Cc1ccc(-c2nc3ccccc3c3c2ccc2c4ccccc4oc23)cc1. The van der Waals surface area contributed by atoms with Crippen LogP contribution in [0.4, 0.5) is 0 Å². The van der Waals surface area contributed by atoms with Crippen LogP contribution in [0.1, 0.15) is 5.56 Å². The van der Waals surface area contributed by atoms with E-state index < -0.39 is 0 Å². The molecule has 0 amide bonds. The summed E-state index contributed by atoms with van der Waals surface area (Å²) in [6.07, 6.45) is 0. The molecule has 0 bridgehead atoms. The molecule has 0 spiro atoms. The highest BCUT2D eigenvalue weighted by molar-refractivity contribution is 6.24. The number of nitrogens with zero attached hydrogens (tertiary/aromatic N) is 1. The van der Waals surface area contributed by atoms with E-state index in [9.17, 15) is 0 Å². The Morgan fingerprint density at radius 3 is 2.21 bits per heavy atom. The number of fused-ring (bicyclic) bond motifs is 7. The average molecular weight is 359 g/mol. The monoisotopic (exact) mass is 359 g/mol. The predicted molar refractivity (Wildman–Crippen MR) is 117 cm³/mol. The molecule has 0 radical (unpaired) electrons. The highest BCUT2D eigenvalue weighted by Gasteiger charge is 2.16. The van der Waals surface area contributed by atoms with E-state index >= 15 is 0 Å². The number of rotatable bonds is 1. The van der Waals surface area contributed by atoms with Crippen LogP contribution in [0.3, 0.4) is 0 Å². The Labute approximate surface area is 162 Å². The molecule has 2 nitrogen and oxygen atoms in total. The van der Waals surface area contributed by atoms with Crippen LogP contribution in [0.15, 0.2) is 89.3 Å². The molecule has 2 heterocycles. The zero-order valence-corrected chi connectivity index (χ0v) is 15.4. The fourth-order valence-corrected chi connectivity index (χ4v) is 4.15. The van der Waals surface area contributed by atoms with Gasteiger partial charge in [0, 0.05) is 32.5 Å². The zero-order chi connectivity index (χ0) is 18.7. The lowest BCUT2D eigenvalue weighted by Crippen LogP contribution is -1.90. The molecule has 6 aromatic rings. The standard InChI is InChI=1S/C26H17NO/c1-16-10-12-17(13-11-16)25-21-15-14-19-18-6-3-5-9-23(18)28-26(19)24(21)20-7-2-4-8-22(20)27-25/h2-15H,1H3. The molecule has 6 rings (SSSR count). The highest BCUT2D eigenvalue weighted by atomic mass is 16.3. The molecular weight excluding hydrogens is 342 g/mol. The van der Waals surface area contributed by atoms with E-state index in [1.807, 2.05) is 18.2 Å². The van der Waals surface area contributed by atoms with Gasteiger partial charge in [0.05, 0.1) is 11.2 Å². The van der Waals surface area contributed by atoms with Crippen molar-refractivity contribution >= 4 is 43.6 Å². The molecule has 0 fully saturated rings. The van der Waals surface area contributed by atoms with Crippen molar-refractivity contribution in [3.63, 3.8) is 0 Å². The Kier molecular flexibility index (Phi) is 3.12. The van der Waals surface area contributed by atoms with Gasteiger partial charge in [0.1, 0.15) is 11.2 Å². The highest BCUT2D eigenvalue weighted by Crippen LogP contribution is 2.40. The Bertz CT molecular complexity index is 1510. The second kappa shape index (κ2) is 5.67. The summed E-state index contributed by atoms with van der Waals surface area (Å²) in [6, 6.07) is 29.5. The summed E-state index contributed by atoms with van der Waals surface area (Å²) in [5.41, 5.74) is 6.20. The summed E-state index contributed by atoms with van der Waals surface area (Å²) < 4.78 is 6.36. The van der Waals surface area contributed by atoms with Crippen LogP contribution in [0.5, 0.6) is 0 Å². The van der Waals surface area contributed by atoms with Gasteiger partial charge in [-0.1, -0.05) is 72.3 Å². The molecule has 0 saturated carbocycles. The molecule has 28 heavy (non-hydrogen) atoms. The van der Waals surface area contributed by atoms with Crippen molar-refractivity contribution < 1.29 is 4.42 Å².